The summed E-state index contributed by atoms with van der Waals surface area (Å²) < 4.78 is 39.4. The maximum Gasteiger partial charge on any atom is 0.232 e. The van der Waals surface area contributed by atoms with Gasteiger partial charge >= 0.3 is 0 Å². The van der Waals surface area contributed by atoms with Crippen molar-refractivity contribution < 1.29 is 17.6 Å². The van der Waals surface area contributed by atoms with Crippen LogP contribution in [0.15, 0.2) is 78.9 Å². The van der Waals surface area contributed by atoms with Gasteiger partial charge in [-0.1, -0.05) is 60.7 Å². The molecule has 0 bridgehead atoms. The maximum atomic E-state index is 13.0. The highest BCUT2D eigenvalue weighted by molar-refractivity contribution is 7.92. The van der Waals surface area contributed by atoms with Gasteiger partial charge in [0.15, 0.2) is 0 Å². The summed E-state index contributed by atoms with van der Waals surface area (Å²) in [4.78, 5) is 12.2. The summed E-state index contributed by atoms with van der Waals surface area (Å²) in [6.07, 6.45) is 2.38. The smallest absolute Gasteiger partial charge is 0.232 e. The predicted octanol–water partition coefficient (Wildman–Crippen LogP) is 4.40. The number of nitrogens with zero attached hydrogens (tertiary/aromatic N) is 1. The first-order chi connectivity index (χ1) is 15.3. The Hall–Kier alpha value is -3.19. The number of halogens is 1. The molecule has 3 aromatic carbocycles. The number of carbonyl (C=O) groups is 1. The van der Waals surface area contributed by atoms with E-state index < -0.39 is 10.0 Å². The minimum absolute atomic E-state index is 0.142. The van der Waals surface area contributed by atoms with E-state index >= 15 is 0 Å². The molecule has 5 nitrogen and oxygen atoms in total. The minimum atomic E-state index is -3.53. The van der Waals surface area contributed by atoms with Crippen molar-refractivity contribution in [2.75, 3.05) is 23.7 Å². The lowest BCUT2D eigenvalue weighted by molar-refractivity contribution is -0.121. The third-order valence-corrected chi connectivity index (χ3v) is 6.25. The molecule has 0 aromatic heterocycles. The normalized spacial score (nSPS) is 11.2. The number of benzene rings is 3. The molecule has 0 atom stereocenters. The van der Waals surface area contributed by atoms with Crippen molar-refractivity contribution in [2.24, 2.45) is 0 Å². The third kappa shape index (κ3) is 6.65. The highest BCUT2D eigenvalue weighted by Gasteiger charge is 2.20. The molecule has 0 heterocycles. The van der Waals surface area contributed by atoms with Gasteiger partial charge in [0.1, 0.15) is 5.82 Å². The number of carbonyl (C=O) groups excluding carboxylic acids is 1. The number of anilines is 1. The zero-order valence-corrected chi connectivity index (χ0v) is 18.8. The molecule has 3 aromatic rings. The lowest BCUT2D eigenvalue weighted by Gasteiger charge is -2.25. The molecular formula is C25H27FN2O3S. The van der Waals surface area contributed by atoms with Gasteiger partial charge in [-0.15, -0.1) is 0 Å². The monoisotopic (exact) mass is 454 g/mol. The van der Waals surface area contributed by atoms with E-state index in [4.69, 9.17) is 0 Å². The molecule has 1 N–H and O–H groups in total. The Kier molecular flexibility index (Phi) is 8.00. The average molecular weight is 455 g/mol. The summed E-state index contributed by atoms with van der Waals surface area (Å²) >= 11 is 0. The number of hydrogen-bond acceptors (Lipinski definition) is 3. The third-order valence-electron chi connectivity index (χ3n) is 5.07. The Morgan fingerprint density at radius 3 is 2.28 bits per heavy atom. The van der Waals surface area contributed by atoms with Crippen molar-refractivity contribution in [1.29, 1.82) is 0 Å². The van der Waals surface area contributed by atoms with Crippen molar-refractivity contribution in [1.82, 2.24) is 5.32 Å². The fraction of sp³-hybridized carbons (Fsp3) is 0.240. The van der Waals surface area contributed by atoms with E-state index in [0.29, 0.717) is 25.1 Å². The topological polar surface area (TPSA) is 66.5 Å². The average Bonchev–Trinajstić information content (AvgIpc) is 2.78. The van der Waals surface area contributed by atoms with Gasteiger partial charge in [-0.3, -0.25) is 9.10 Å². The summed E-state index contributed by atoms with van der Waals surface area (Å²) in [6.45, 7) is 0.644. The van der Waals surface area contributed by atoms with E-state index in [-0.39, 0.29) is 24.7 Å². The Balaban J connectivity index is 1.59. The molecule has 168 valence electrons. The van der Waals surface area contributed by atoms with E-state index in [9.17, 15) is 17.6 Å². The van der Waals surface area contributed by atoms with Crippen LogP contribution in [-0.4, -0.2) is 33.7 Å². The van der Waals surface area contributed by atoms with E-state index in [1.165, 1.54) is 22.7 Å². The quantitative estimate of drug-likeness (QED) is 0.494. The van der Waals surface area contributed by atoms with Crippen LogP contribution >= 0.6 is 0 Å². The number of amides is 1. The molecule has 0 saturated heterocycles. The van der Waals surface area contributed by atoms with E-state index in [2.05, 4.69) is 5.32 Å². The number of rotatable bonds is 10. The Labute approximate surface area is 188 Å². The second-order valence-electron chi connectivity index (χ2n) is 7.55. The summed E-state index contributed by atoms with van der Waals surface area (Å²) in [5, 5.41) is 2.83. The van der Waals surface area contributed by atoms with E-state index in [1.807, 2.05) is 48.5 Å². The SMILES string of the molecule is CS(=O)(=O)N(CCCC(=O)NCCc1ccc(F)cc1)c1ccccc1-c1ccccc1. The van der Waals surface area contributed by atoms with Crippen molar-refractivity contribution in [3.8, 4) is 11.1 Å². The molecule has 0 unspecified atom stereocenters. The summed E-state index contributed by atoms with van der Waals surface area (Å²) in [7, 11) is -3.53. The molecule has 7 heteroatoms. The summed E-state index contributed by atoms with van der Waals surface area (Å²) in [6, 6.07) is 23.1. The summed E-state index contributed by atoms with van der Waals surface area (Å²) in [5.41, 5.74) is 3.28. The highest BCUT2D eigenvalue weighted by Crippen LogP contribution is 2.32. The molecule has 3 rings (SSSR count). The van der Waals surface area contributed by atoms with Crippen molar-refractivity contribution in [3.05, 3.63) is 90.2 Å². The van der Waals surface area contributed by atoms with Crippen LogP contribution in [0.25, 0.3) is 11.1 Å². The first-order valence-electron chi connectivity index (χ1n) is 10.5. The fourth-order valence-electron chi connectivity index (χ4n) is 3.49. The molecule has 32 heavy (non-hydrogen) atoms. The zero-order chi connectivity index (χ0) is 23.0. The van der Waals surface area contributed by atoms with Gasteiger partial charge in [0.25, 0.3) is 0 Å². The first-order valence-corrected chi connectivity index (χ1v) is 12.3. The van der Waals surface area contributed by atoms with E-state index in [0.717, 1.165) is 16.7 Å². The van der Waals surface area contributed by atoms with Gasteiger partial charge in [0, 0.05) is 25.1 Å². The molecule has 1 amide bonds. The number of para-hydroxylation sites is 1. The van der Waals surface area contributed by atoms with Crippen LogP contribution in [0.3, 0.4) is 0 Å². The van der Waals surface area contributed by atoms with Gasteiger partial charge in [0.05, 0.1) is 11.9 Å². The van der Waals surface area contributed by atoms with E-state index in [1.54, 1.807) is 18.2 Å². The van der Waals surface area contributed by atoms with Gasteiger partial charge in [-0.2, -0.15) is 0 Å². The van der Waals surface area contributed by atoms with Crippen molar-refractivity contribution >= 4 is 21.6 Å². The molecule has 0 radical (unpaired) electrons. The summed E-state index contributed by atoms with van der Waals surface area (Å²) in [5.74, 6) is -0.432. The lowest BCUT2D eigenvalue weighted by atomic mass is 10.0. The van der Waals surface area contributed by atoms with Crippen LogP contribution in [0, 0.1) is 5.82 Å². The van der Waals surface area contributed by atoms with Crippen LogP contribution in [0.5, 0.6) is 0 Å². The lowest BCUT2D eigenvalue weighted by Crippen LogP contribution is -2.32. The zero-order valence-electron chi connectivity index (χ0n) is 18.0. The molecule has 0 aliphatic carbocycles. The Morgan fingerprint density at radius 1 is 0.938 bits per heavy atom. The second-order valence-corrected chi connectivity index (χ2v) is 9.46. The standard InChI is InChI=1S/C25H27FN2O3S/c1-32(30,31)28(24-11-6-5-10-23(24)21-8-3-2-4-9-21)19-7-12-25(29)27-18-17-20-13-15-22(26)16-14-20/h2-6,8-11,13-16H,7,12,17-19H2,1H3,(H,27,29). The van der Waals surface area contributed by atoms with Crippen LogP contribution in [0.1, 0.15) is 18.4 Å². The predicted molar refractivity (Wildman–Crippen MR) is 126 cm³/mol. The molecule has 0 aliphatic rings. The molecule has 0 fully saturated rings. The highest BCUT2D eigenvalue weighted by atomic mass is 32.2. The molecule has 0 aliphatic heterocycles. The fourth-order valence-corrected chi connectivity index (χ4v) is 4.46. The van der Waals surface area contributed by atoms with Crippen LogP contribution < -0.4 is 9.62 Å². The molecular weight excluding hydrogens is 427 g/mol. The number of nitrogens with one attached hydrogen (secondary N) is 1. The van der Waals surface area contributed by atoms with Crippen LogP contribution in [0.4, 0.5) is 10.1 Å². The van der Waals surface area contributed by atoms with Gasteiger partial charge in [-0.25, -0.2) is 12.8 Å². The van der Waals surface area contributed by atoms with Crippen LogP contribution in [-0.2, 0) is 21.2 Å². The van der Waals surface area contributed by atoms with Crippen molar-refractivity contribution in [3.63, 3.8) is 0 Å². The minimum Gasteiger partial charge on any atom is -0.356 e. The number of hydrogen-bond donors (Lipinski definition) is 1. The molecule has 0 saturated carbocycles. The van der Waals surface area contributed by atoms with Crippen molar-refractivity contribution in [2.45, 2.75) is 19.3 Å². The molecule has 0 spiro atoms. The van der Waals surface area contributed by atoms with Gasteiger partial charge < -0.3 is 5.32 Å². The largest absolute Gasteiger partial charge is 0.356 e. The number of sulfonamides is 1. The Morgan fingerprint density at radius 2 is 1.59 bits per heavy atom. The van der Waals surface area contributed by atoms with Crippen LogP contribution in [0.2, 0.25) is 0 Å². The van der Waals surface area contributed by atoms with Gasteiger partial charge in [-0.05, 0) is 42.2 Å². The Bertz CT molecular complexity index is 1130. The first kappa shape index (κ1) is 23.5. The second kappa shape index (κ2) is 10.9. The maximum absolute atomic E-state index is 13.0. The van der Waals surface area contributed by atoms with Gasteiger partial charge in [0.2, 0.25) is 15.9 Å².